The Labute approximate surface area is 86.1 Å². The van der Waals surface area contributed by atoms with Crippen molar-refractivity contribution in [1.29, 1.82) is 0 Å². The Balaban J connectivity index is 2.85. The zero-order chi connectivity index (χ0) is 11.6. The van der Waals surface area contributed by atoms with Crippen molar-refractivity contribution in [2.45, 2.75) is 32.0 Å². The Kier molecular flexibility index (Phi) is 3.38. The first-order valence-electron chi connectivity index (χ1n) is 4.68. The molecule has 1 aromatic heterocycles. The molecule has 2 N–H and O–H groups in total. The van der Waals surface area contributed by atoms with Crippen molar-refractivity contribution in [2.75, 3.05) is 0 Å². The number of hydrogen-bond donors (Lipinski definition) is 1. The van der Waals surface area contributed by atoms with E-state index in [0.717, 1.165) is 0 Å². The molecule has 1 atom stereocenters. The van der Waals surface area contributed by atoms with E-state index in [-0.39, 0.29) is 0 Å². The molecule has 0 aliphatic rings. The van der Waals surface area contributed by atoms with Crippen molar-refractivity contribution in [1.82, 2.24) is 9.78 Å². The van der Waals surface area contributed by atoms with Gasteiger partial charge in [0, 0.05) is 24.8 Å². The largest absolute Gasteiger partial charge is 0.390 e. The first-order valence-corrected chi connectivity index (χ1v) is 4.68. The third kappa shape index (κ3) is 3.23. The molecule has 0 spiro atoms. The molecule has 1 rings (SSSR count). The number of aromatic nitrogens is 2. The molecule has 0 fully saturated rings. The minimum atomic E-state index is -4.24. The van der Waals surface area contributed by atoms with Gasteiger partial charge in [-0.1, -0.05) is 6.92 Å². The highest BCUT2D eigenvalue weighted by molar-refractivity contribution is 5.21. The van der Waals surface area contributed by atoms with Crippen molar-refractivity contribution in [3.63, 3.8) is 0 Å². The highest BCUT2D eigenvalue weighted by Gasteiger charge is 2.32. The van der Waals surface area contributed by atoms with E-state index in [1.54, 1.807) is 13.2 Å². The maximum absolute atomic E-state index is 12.1. The van der Waals surface area contributed by atoms with E-state index < -0.39 is 18.6 Å². The average molecular weight is 221 g/mol. The maximum Gasteiger partial charge on any atom is 0.390 e. The lowest BCUT2D eigenvalue weighted by atomic mass is 10.0. The summed E-state index contributed by atoms with van der Waals surface area (Å²) < 4.78 is 37.9. The fourth-order valence-electron chi connectivity index (χ4n) is 1.50. The van der Waals surface area contributed by atoms with E-state index in [2.05, 4.69) is 5.10 Å². The van der Waals surface area contributed by atoms with Crippen molar-refractivity contribution < 1.29 is 13.2 Å². The third-order valence-electron chi connectivity index (χ3n) is 2.12. The normalized spacial score (nSPS) is 14.3. The standard InChI is InChI=1S/C9H14F3N3/c1-3-8-6(5-15(2)14-8)7(13)4-9(10,11)12/h5,7H,3-4,13H2,1-2H3/t7-/m1/s1. The van der Waals surface area contributed by atoms with Crippen LogP contribution >= 0.6 is 0 Å². The molecule has 1 aromatic rings. The predicted octanol–water partition coefficient (Wildman–Crippen LogP) is 1.93. The molecule has 6 heteroatoms. The van der Waals surface area contributed by atoms with E-state index in [0.29, 0.717) is 17.7 Å². The Morgan fingerprint density at radius 1 is 1.53 bits per heavy atom. The number of nitrogens with two attached hydrogens (primary N) is 1. The van der Waals surface area contributed by atoms with Crippen LogP contribution < -0.4 is 5.73 Å². The summed E-state index contributed by atoms with van der Waals surface area (Å²) in [6.45, 7) is 1.84. The summed E-state index contributed by atoms with van der Waals surface area (Å²) in [5.41, 5.74) is 6.61. The van der Waals surface area contributed by atoms with Gasteiger partial charge in [0.15, 0.2) is 0 Å². The van der Waals surface area contributed by atoms with E-state index in [9.17, 15) is 13.2 Å². The Morgan fingerprint density at radius 3 is 2.60 bits per heavy atom. The van der Waals surface area contributed by atoms with Crippen LogP contribution in [0.15, 0.2) is 6.20 Å². The quantitative estimate of drug-likeness (QED) is 0.847. The zero-order valence-corrected chi connectivity index (χ0v) is 8.67. The molecule has 0 aliphatic carbocycles. The Hall–Kier alpha value is -1.04. The molecule has 86 valence electrons. The van der Waals surface area contributed by atoms with Crippen molar-refractivity contribution in [3.05, 3.63) is 17.5 Å². The molecule has 0 amide bonds. The smallest absolute Gasteiger partial charge is 0.324 e. The first-order chi connectivity index (χ1) is 6.83. The second-order valence-corrected chi connectivity index (χ2v) is 3.48. The number of nitrogens with zero attached hydrogens (tertiary/aromatic N) is 2. The number of rotatable bonds is 3. The fourth-order valence-corrected chi connectivity index (χ4v) is 1.50. The minimum absolute atomic E-state index is 0.484. The van der Waals surface area contributed by atoms with Gasteiger partial charge in [-0.3, -0.25) is 4.68 Å². The zero-order valence-electron chi connectivity index (χ0n) is 8.67. The first kappa shape index (κ1) is 12.0. The molecular weight excluding hydrogens is 207 g/mol. The SMILES string of the molecule is CCc1nn(C)cc1[C@H](N)CC(F)(F)F. The maximum atomic E-state index is 12.1. The van der Waals surface area contributed by atoms with Crippen LogP contribution in [0.5, 0.6) is 0 Å². The van der Waals surface area contributed by atoms with E-state index >= 15 is 0 Å². The Morgan fingerprint density at radius 2 is 2.13 bits per heavy atom. The number of hydrogen-bond acceptors (Lipinski definition) is 2. The molecule has 0 bridgehead atoms. The highest BCUT2D eigenvalue weighted by Crippen LogP contribution is 2.29. The van der Waals surface area contributed by atoms with E-state index in [1.165, 1.54) is 4.68 Å². The number of halogens is 3. The summed E-state index contributed by atoms with van der Waals surface area (Å²) >= 11 is 0. The summed E-state index contributed by atoms with van der Waals surface area (Å²) in [7, 11) is 1.67. The second kappa shape index (κ2) is 4.22. The van der Waals surface area contributed by atoms with Gasteiger partial charge in [-0.25, -0.2) is 0 Å². The van der Waals surface area contributed by atoms with Crippen LogP contribution in [-0.4, -0.2) is 16.0 Å². The lowest BCUT2D eigenvalue weighted by Gasteiger charge is -2.13. The van der Waals surface area contributed by atoms with Gasteiger partial charge >= 0.3 is 6.18 Å². The molecule has 0 aliphatic heterocycles. The van der Waals surface area contributed by atoms with Gasteiger partial charge in [-0.05, 0) is 6.42 Å². The molecule has 0 radical (unpaired) electrons. The van der Waals surface area contributed by atoms with Crippen LogP contribution in [0.4, 0.5) is 13.2 Å². The molecule has 0 saturated heterocycles. The fraction of sp³-hybridized carbons (Fsp3) is 0.667. The summed E-state index contributed by atoms with van der Waals surface area (Å²) in [6.07, 6.45) is -3.11. The average Bonchev–Trinajstić information content (AvgIpc) is 2.43. The summed E-state index contributed by atoms with van der Waals surface area (Å²) in [4.78, 5) is 0. The second-order valence-electron chi connectivity index (χ2n) is 3.48. The van der Waals surface area contributed by atoms with Gasteiger partial charge in [0.05, 0.1) is 12.1 Å². The van der Waals surface area contributed by atoms with Gasteiger partial charge in [0.25, 0.3) is 0 Å². The summed E-state index contributed by atoms with van der Waals surface area (Å²) in [5.74, 6) is 0. The lowest BCUT2D eigenvalue weighted by Crippen LogP contribution is -2.20. The number of aryl methyl sites for hydroxylation is 2. The van der Waals surface area contributed by atoms with Crippen LogP contribution in [0, 0.1) is 0 Å². The summed E-state index contributed by atoms with van der Waals surface area (Å²) in [6, 6.07) is -1.02. The molecule has 3 nitrogen and oxygen atoms in total. The predicted molar refractivity (Wildman–Crippen MR) is 50.2 cm³/mol. The molecule has 15 heavy (non-hydrogen) atoms. The Bertz CT molecular complexity index is 330. The molecule has 0 unspecified atom stereocenters. The van der Waals surface area contributed by atoms with Crippen molar-refractivity contribution >= 4 is 0 Å². The van der Waals surface area contributed by atoms with Crippen LogP contribution in [0.1, 0.15) is 30.6 Å². The van der Waals surface area contributed by atoms with Gasteiger partial charge in [0.2, 0.25) is 0 Å². The van der Waals surface area contributed by atoms with Crippen LogP contribution in [-0.2, 0) is 13.5 Å². The van der Waals surface area contributed by atoms with Gasteiger partial charge in [0.1, 0.15) is 0 Å². The van der Waals surface area contributed by atoms with Crippen LogP contribution in [0.3, 0.4) is 0 Å². The topological polar surface area (TPSA) is 43.8 Å². The monoisotopic (exact) mass is 221 g/mol. The van der Waals surface area contributed by atoms with Crippen LogP contribution in [0.2, 0.25) is 0 Å². The van der Waals surface area contributed by atoms with Gasteiger partial charge < -0.3 is 5.73 Å². The number of alkyl halides is 3. The van der Waals surface area contributed by atoms with Crippen molar-refractivity contribution in [2.24, 2.45) is 12.8 Å². The van der Waals surface area contributed by atoms with Gasteiger partial charge in [-0.2, -0.15) is 18.3 Å². The van der Waals surface area contributed by atoms with E-state index in [4.69, 9.17) is 5.73 Å². The minimum Gasteiger partial charge on any atom is -0.324 e. The lowest BCUT2D eigenvalue weighted by molar-refractivity contribution is -0.138. The van der Waals surface area contributed by atoms with Crippen molar-refractivity contribution in [3.8, 4) is 0 Å². The molecule has 0 aromatic carbocycles. The summed E-state index contributed by atoms with van der Waals surface area (Å²) in [5, 5.41) is 4.05. The van der Waals surface area contributed by atoms with Gasteiger partial charge in [-0.15, -0.1) is 0 Å². The molecule has 1 heterocycles. The third-order valence-corrected chi connectivity index (χ3v) is 2.12. The van der Waals surface area contributed by atoms with Crippen LogP contribution in [0.25, 0.3) is 0 Å². The highest BCUT2D eigenvalue weighted by atomic mass is 19.4. The molecule has 0 saturated carbocycles. The van der Waals surface area contributed by atoms with E-state index in [1.807, 2.05) is 6.92 Å². The molecular formula is C9H14F3N3.